The lowest BCUT2D eigenvalue weighted by Crippen LogP contribution is -2.10. The molecule has 106 valence electrons. The zero-order chi connectivity index (χ0) is 14.2. The normalized spacial score (nSPS) is 20.7. The van der Waals surface area contributed by atoms with Crippen molar-refractivity contribution >= 4 is 21.7 Å². The molecule has 0 amide bonds. The smallest absolute Gasteiger partial charge is 0.144 e. The molecule has 1 fully saturated rings. The highest BCUT2D eigenvalue weighted by molar-refractivity contribution is 9.10. The molecule has 1 saturated carbocycles. The lowest BCUT2D eigenvalue weighted by Gasteiger charge is -2.14. The number of nitrogens with one attached hydrogen (secondary N) is 1. The minimum atomic E-state index is 0.367. The summed E-state index contributed by atoms with van der Waals surface area (Å²) in [5.41, 5.74) is 1.51. The molecule has 1 aromatic heterocycles. The summed E-state index contributed by atoms with van der Waals surface area (Å²) in [6.07, 6.45) is 2.18. The van der Waals surface area contributed by atoms with Crippen molar-refractivity contribution in [3.63, 3.8) is 0 Å². The average Bonchev–Trinajstić information content (AvgIpc) is 2.93. The van der Waals surface area contributed by atoms with Crippen molar-refractivity contribution in [1.29, 1.82) is 0 Å². The highest BCUT2D eigenvalue weighted by Gasteiger charge is 2.48. The maximum Gasteiger partial charge on any atom is 0.144 e. The number of halogens is 1. The summed E-state index contributed by atoms with van der Waals surface area (Å²) in [6, 6.07) is 0. The summed E-state index contributed by atoms with van der Waals surface area (Å²) < 4.78 is 1.03. The van der Waals surface area contributed by atoms with E-state index >= 15 is 0 Å². The zero-order valence-corrected chi connectivity index (χ0v) is 14.1. The van der Waals surface area contributed by atoms with Crippen molar-refractivity contribution < 1.29 is 0 Å². The van der Waals surface area contributed by atoms with Gasteiger partial charge in [-0.3, -0.25) is 0 Å². The second kappa shape index (κ2) is 5.39. The number of hydrogen-bond donors (Lipinski definition) is 1. The van der Waals surface area contributed by atoms with Gasteiger partial charge in [-0.25, -0.2) is 9.97 Å². The van der Waals surface area contributed by atoms with E-state index in [9.17, 15) is 0 Å². The van der Waals surface area contributed by atoms with Crippen LogP contribution in [0.2, 0.25) is 0 Å². The van der Waals surface area contributed by atoms with Gasteiger partial charge in [0.1, 0.15) is 11.6 Å². The first-order valence-electron chi connectivity index (χ1n) is 7.15. The summed E-state index contributed by atoms with van der Waals surface area (Å²) in [6.45, 7) is 12.0. The van der Waals surface area contributed by atoms with Gasteiger partial charge in [-0.05, 0) is 47.0 Å². The monoisotopic (exact) mass is 325 g/mol. The minimum Gasteiger partial charge on any atom is -0.369 e. The van der Waals surface area contributed by atoms with Crippen LogP contribution in [0.1, 0.15) is 58.5 Å². The van der Waals surface area contributed by atoms with Crippen LogP contribution in [0.4, 0.5) is 5.82 Å². The third kappa shape index (κ3) is 3.28. The van der Waals surface area contributed by atoms with Gasteiger partial charge in [-0.1, -0.05) is 27.7 Å². The molecular weight excluding hydrogens is 302 g/mol. The Hall–Kier alpha value is -0.640. The summed E-state index contributed by atoms with van der Waals surface area (Å²) in [5.74, 6) is 3.08. The number of nitrogens with zero attached hydrogens (tertiary/aromatic N) is 2. The molecule has 1 N–H and O–H groups in total. The van der Waals surface area contributed by atoms with E-state index in [0.29, 0.717) is 17.3 Å². The fraction of sp³-hybridized carbons (Fsp3) is 0.733. The predicted molar refractivity (Wildman–Crippen MR) is 83.6 cm³/mol. The molecule has 3 nitrogen and oxygen atoms in total. The van der Waals surface area contributed by atoms with Gasteiger partial charge >= 0.3 is 0 Å². The number of hydrogen-bond acceptors (Lipinski definition) is 3. The van der Waals surface area contributed by atoms with Crippen LogP contribution in [0, 0.1) is 11.3 Å². The number of anilines is 1. The van der Waals surface area contributed by atoms with Crippen LogP contribution in [-0.4, -0.2) is 16.5 Å². The maximum absolute atomic E-state index is 4.81. The first-order chi connectivity index (χ1) is 8.85. The molecule has 0 radical (unpaired) electrons. The Labute approximate surface area is 124 Å². The fourth-order valence-corrected chi connectivity index (χ4v) is 2.86. The zero-order valence-electron chi connectivity index (χ0n) is 12.5. The number of rotatable bonds is 5. The Morgan fingerprint density at radius 3 is 2.47 bits per heavy atom. The third-order valence-corrected chi connectivity index (χ3v) is 4.54. The highest BCUT2D eigenvalue weighted by Crippen LogP contribution is 2.57. The van der Waals surface area contributed by atoms with Gasteiger partial charge in [-0.15, -0.1) is 0 Å². The van der Waals surface area contributed by atoms with E-state index in [0.717, 1.165) is 34.8 Å². The molecule has 1 aliphatic rings. The Balaban J connectivity index is 2.36. The van der Waals surface area contributed by atoms with E-state index in [2.05, 4.69) is 55.9 Å². The van der Waals surface area contributed by atoms with Crippen LogP contribution in [0.25, 0.3) is 0 Å². The van der Waals surface area contributed by atoms with Gasteiger partial charge in [-0.2, -0.15) is 0 Å². The van der Waals surface area contributed by atoms with Crippen molar-refractivity contribution in [3.05, 3.63) is 16.0 Å². The molecular formula is C15H24BrN3. The van der Waals surface area contributed by atoms with Crippen molar-refractivity contribution in [1.82, 2.24) is 9.97 Å². The SMILES string of the molecule is CCNc1nc(C2CC2(C)C)nc(CC(C)C)c1Br. The standard InChI is InChI=1S/C15H24BrN3/c1-6-17-14-12(16)11(7-9(2)3)18-13(19-14)10-8-15(10,4)5/h9-10H,6-8H2,1-5H3,(H,17,18,19). The molecule has 1 atom stereocenters. The molecule has 0 spiro atoms. The van der Waals surface area contributed by atoms with Crippen molar-refractivity contribution in [2.24, 2.45) is 11.3 Å². The molecule has 0 aromatic carbocycles. The van der Waals surface area contributed by atoms with Crippen LogP contribution in [-0.2, 0) is 6.42 Å². The van der Waals surface area contributed by atoms with E-state index in [-0.39, 0.29) is 0 Å². The van der Waals surface area contributed by atoms with E-state index in [1.807, 2.05) is 0 Å². The first kappa shape index (κ1) is 14.8. The predicted octanol–water partition coefficient (Wildman–Crippen LogP) is 4.38. The Bertz CT molecular complexity index is 469. The van der Waals surface area contributed by atoms with Crippen LogP contribution >= 0.6 is 15.9 Å². The molecule has 1 heterocycles. The third-order valence-electron chi connectivity index (χ3n) is 3.71. The van der Waals surface area contributed by atoms with Gasteiger partial charge in [0.15, 0.2) is 0 Å². The van der Waals surface area contributed by atoms with E-state index < -0.39 is 0 Å². The average molecular weight is 326 g/mol. The van der Waals surface area contributed by atoms with Gasteiger partial charge in [0, 0.05) is 12.5 Å². The minimum absolute atomic E-state index is 0.367. The molecule has 0 bridgehead atoms. The van der Waals surface area contributed by atoms with Crippen LogP contribution in [0.3, 0.4) is 0 Å². The second-order valence-electron chi connectivity index (χ2n) is 6.56. The van der Waals surface area contributed by atoms with Crippen LogP contribution in [0.5, 0.6) is 0 Å². The van der Waals surface area contributed by atoms with Crippen molar-refractivity contribution in [3.8, 4) is 0 Å². The second-order valence-corrected chi connectivity index (χ2v) is 7.36. The summed E-state index contributed by atoms with van der Waals surface area (Å²) in [7, 11) is 0. The molecule has 1 aliphatic carbocycles. The lowest BCUT2D eigenvalue weighted by atomic mass is 10.1. The van der Waals surface area contributed by atoms with Gasteiger partial charge in [0.25, 0.3) is 0 Å². The van der Waals surface area contributed by atoms with Gasteiger partial charge in [0.05, 0.1) is 10.2 Å². The van der Waals surface area contributed by atoms with E-state index in [1.54, 1.807) is 0 Å². The highest BCUT2D eigenvalue weighted by atomic mass is 79.9. The van der Waals surface area contributed by atoms with E-state index in [1.165, 1.54) is 6.42 Å². The fourth-order valence-electron chi connectivity index (χ4n) is 2.38. The van der Waals surface area contributed by atoms with Crippen LogP contribution in [0.15, 0.2) is 4.47 Å². The first-order valence-corrected chi connectivity index (χ1v) is 7.94. The molecule has 0 saturated heterocycles. The van der Waals surface area contributed by atoms with Crippen molar-refractivity contribution in [2.75, 3.05) is 11.9 Å². The van der Waals surface area contributed by atoms with Gasteiger partial charge in [0.2, 0.25) is 0 Å². The lowest BCUT2D eigenvalue weighted by molar-refractivity contribution is 0.597. The maximum atomic E-state index is 4.81. The quantitative estimate of drug-likeness (QED) is 0.872. The summed E-state index contributed by atoms with van der Waals surface area (Å²) in [5, 5.41) is 3.34. The number of aromatic nitrogens is 2. The molecule has 1 unspecified atom stereocenters. The van der Waals surface area contributed by atoms with Gasteiger partial charge < -0.3 is 5.32 Å². The van der Waals surface area contributed by atoms with Crippen LogP contribution < -0.4 is 5.32 Å². The van der Waals surface area contributed by atoms with Crippen molar-refractivity contribution in [2.45, 2.75) is 53.4 Å². The summed E-state index contributed by atoms with van der Waals surface area (Å²) >= 11 is 3.66. The van der Waals surface area contributed by atoms with E-state index in [4.69, 9.17) is 9.97 Å². The topological polar surface area (TPSA) is 37.8 Å². The molecule has 0 aliphatic heterocycles. The largest absolute Gasteiger partial charge is 0.369 e. The Morgan fingerprint density at radius 1 is 1.37 bits per heavy atom. The molecule has 19 heavy (non-hydrogen) atoms. The Morgan fingerprint density at radius 2 is 2.00 bits per heavy atom. The molecule has 4 heteroatoms. The molecule has 1 aromatic rings. The summed E-state index contributed by atoms with van der Waals surface area (Å²) in [4.78, 5) is 9.53. The molecule has 2 rings (SSSR count). The Kier molecular flexibility index (Phi) is 4.19.